The van der Waals surface area contributed by atoms with Gasteiger partial charge in [-0.1, -0.05) is 30.3 Å². The summed E-state index contributed by atoms with van der Waals surface area (Å²) in [5.74, 6) is 0.400. The number of nitrogens with zero attached hydrogens (tertiary/aromatic N) is 2. The molecular weight excluding hydrogens is 262 g/mol. The third-order valence-electron chi connectivity index (χ3n) is 2.73. The van der Waals surface area contributed by atoms with Crippen molar-refractivity contribution in [2.24, 2.45) is 0 Å². The first-order valence-corrected chi connectivity index (χ1v) is 6.56. The minimum Gasteiger partial charge on any atom is -0.309 e. The number of aromatic nitrogens is 2. The second-order valence-electron chi connectivity index (χ2n) is 4.52. The first kappa shape index (κ1) is 13.6. The summed E-state index contributed by atoms with van der Waals surface area (Å²) in [6.07, 6.45) is 1.65. The third-order valence-corrected chi connectivity index (χ3v) is 3.18. The molecule has 2 rings (SSSR count). The molecule has 1 aromatic heterocycles. The Hall–Kier alpha value is -1.81. The van der Waals surface area contributed by atoms with Crippen molar-refractivity contribution in [1.29, 1.82) is 0 Å². The smallest absolute Gasteiger partial charge is 0.248 e. The number of carbonyl (C=O) groups excluding carboxylic acids is 1. The number of amides is 1. The van der Waals surface area contributed by atoms with Crippen molar-refractivity contribution >= 4 is 23.3 Å². The molecule has 0 fully saturated rings. The summed E-state index contributed by atoms with van der Waals surface area (Å²) in [4.78, 5) is 12.1. The van der Waals surface area contributed by atoms with Gasteiger partial charge >= 0.3 is 0 Å². The maximum absolute atomic E-state index is 12.1. The molecule has 1 N–H and O–H groups in total. The van der Waals surface area contributed by atoms with Gasteiger partial charge in [-0.3, -0.25) is 4.79 Å². The van der Waals surface area contributed by atoms with E-state index in [1.54, 1.807) is 16.9 Å². The highest BCUT2D eigenvalue weighted by Gasteiger charge is 2.19. The van der Waals surface area contributed by atoms with E-state index >= 15 is 0 Å². The van der Waals surface area contributed by atoms with Crippen molar-refractivity contribution in [1.82, 2.24) is 9.78 Å². The van der Waals surface area contributed by atoms with Crippen molar-refractivity contribution in [3.8, 4) is 0 Å². The van der Waals surface area contributed by atoms with Gasteiger partial charge in [-0.15, -0.1) is 11.6 Å². The molecule has 0 aliphatic rings. The van der Waals surface area contributed by atoms with E-state index in [2.05, 4.69) is 10.4 Å². The van der Waals surface area contributed by atoms with Crippen molar-refractivity contribution in [3.05, 3.63) is 48.2 Å². The molecule has 2 aromatic rings. The fourth-order valence-corrected chi connectivity index (χ4v) is 1.99. The summed E-state index contributed by atoms with van der Waals surface area (Å²) >= 11 is 6.16. The number of rotatable bonds is 4. The Kier molecular flexibility index (Phi) is 4.22. The molecule has 0 radical (unpaired) electrons. The quantitative estimate of drug-likeness (QED) is 0.871. The Balaban J connectivity index is 2.11. The van der Waals surface area contributed by atoms with Crippen molar-refractivity contribution in [3.63, 3.8) is 0 Å². The number of benzene rings is 1. The standard InChI is InChI=1S/C14H16ClN3O/c1-10(2)18-12(8-9-16-18)17-14(19)13(15)11-6-4-3-5-7-11/h3-10,13H,1-2H3,(H,17,19). The second kappa shape index (κ2) is 5.89. The molecule has 0 aliphatic carbocycles. The summed E-state index contributed by atoms with van der Waals surface area (Å²) < 4.78 is 1.74. The molecule has 1 amide bonds. The zero-order valence-corrected chi connectivity index (χ0v) is 11.6. The Morgan fingerprint density at radius 3 is 2.58 bits per heavy atom. The van der Waals surface area contributed by atoms with Crippen LogP contribution in [0.5, 0.6) is 0 Å². The fraction of sp³-hybridized carbons (Fsp3) is 0.286. The monoisotopic (exact) mass is 277 g/mol. The lowest BCUT2D eigenvalue weighted by Gasteiger charge is -2.14. The molecule has 0 aliphatic heterocycles. The molecule has 0 saturated heterocycles. The van der Waals surface area contributed by atoms with Gasteiger partial charge in [-0.2, -0.15) is 5.10 Å². The van der Waals surface area contributed by atoms with Gasteiger partial charge in [0.1, 0.15) is 11.2 Å². The lowest BCUT2D eigenvalue weighted by Crippen LogP contribution is -2.20. The molecular formula is C14H16ClN3O. The molecule has 1 heterocycles. The minimum atomic E-state index is -0.711. The summed E-state index contributed by atoms with van der Waals surface area (Å²) in [5, 5.41) is 6.25. The summed E-state index contributed by atoms with van der Waals surface area (Å²) in [5.41, 5.74) is 0.775. The van der Waals surface area contributed by atoms with Gasteiger partial charge in [0.2, 0.25) is 5.91 Å². The highest BCUT2D eigenvalue weighted by atomic mass is 35.5. The zero-order valence-electron chi connectivity index (χ0n) is 10.9. The molecule has 1 atom stereocenters. The topological polar surface area (TPSA) is 46.9 Å². The first-order valence-electron chi connectivity index (χ1n) is 6.13. The van der Waals surface area contributed by atoms with E-state index in [-0.39, 0.29) is 11.9 Å². The maximum atomic E-state index is 12.1. The second-order valence-corrected chi connectivity index (χ2v) is 4.95. The molecule has 0 bridgehead atoms. The fourth-order valence-electron chi connectivity index (χ4n) is 1.79. The first-order chi connectivity index (χ1) is 9.09. The molecule has 19 heavy (non-hydrogen) atoms. The van der Waals surface area contributed by atoms with Crippen LogP contribution in [0, 0.1) is 0 Å². The summed E-state index contributed by atoms with van der Waals surface area (Å²) in [6, 6.07) is 11.2. The Labute approximate surface area is 117 Å². The average Bonchev–Trinajstić information content (AvgIpc) is 2.87. The van der Waals surface area contributed by atoms with Crippen molar-refractivity contribution < 1.29 is 4.79 Å². The Bertz CT molecular complexity index is 551. The number of alkyl halides is 1. The zero-order chi connectivity index (χ0) is 13.8. The van der Waals surface area contributed by atoms with Crippen LogP contribution in [-0.2, 0) is 4.79 Å². The molecule has 0 saturated carbocycles. The van der Waals surface area contributed by atoms with Crippen LogP contribution >= 0.6 is 11.6 Å². The molecule has 100 valence electrons. The van der Waals surface area contributed by atoms with E-state index in [1.165, 1.54) is 0 Å². The van der Waals surface area contributed by atoms with Crippen molar-refractivity contribution in [2.45, 2.75) is 25.3 Å². The SMILES string of the molecule is CC(C)n1nccc1NC(=O)C(Cl)c1ccccc1. The summed E-state index contributed by atoms with van der Waals surface area (Å²) in [7, 11) is 0. The largest absolute Gasteiger partial charge is 0.309 e. The van der Waals surface area contributed by atoms with Crippen LogP contribution in [0.1, 0.15) is 30.8 Å². The van der Waals surface area contributed by atoms with Gasteiger partial charge in [-0.25, -0.2) is 4.68 Å². The average molecular weight is 278 g/mol. The van der Waals surface area contributed by atoms with E-state index in [0.717, 1.165) is 5.56 Å². The lowest BCUT2D eigenvalue weighted by atomic mass is 10.1. The van der Waals surface area contributed by atoms with Gasteiger partial charge < -0.3 is 5.32 Å². The third kappa shape index (κ3) is 3.15. The molecule has 1 aromatic carbocycles. The lowest BCUT2D eigenvalue weighted by molar-refractivity contribution is -0.116. The molecule has 5 heteroatoms. The number of carbonyl (C=O) groups is 1. The predicted octanol–water partition coefficient (Wildman–Crippen LogP) is 3.38. The van der Waals surface area contributed by atoms with Crippen LogP contribution < -0.4 is 5.32 Å². The van der Waals surface area contributed by atoms with Crippen LogP contribution in [0.3, 0.4) is 0 Å². The number of halogens is 1. The minimum absolute atomic E-state index is 0.177. The van der Waals surface area contributed by atoms with Gasteiger partial charge in [0.25, 0.3) is 0 Å². The van der Waals surface area contributed by atoms with Gasteiger partial charge in [0.15, 0.2) is 0 Å². The predicted molar refractivity (Wildman–Crippen MR) is 76.3 cm³/mol. The number of anilines is 1. The Morgan fingerprint density at radius 2 is 1.95 bits per heavy atom. The number of hydrogen-bond acceptors (Lipinski definition) is 2. The molecule has 0 spiro atoms. The van der Waals surface area contributed by atoms with Gasteiger partial charge in [-0.05, 0) is 19.4 Å². The van der Waals surface area contributed by atoms with Crippen LogP contribution in [0.2, 0.25) is 0 Å². The highest BCUT2D eigenvalue weighted by Crippen LogP contribution is 2.22. The van der Waals surface area contributed by atoms with E-state index in [9.17, 15) is 4.79 Å². The number of hydrogen-bond donors (Lipinski definition) is 1. The van der Waals surface area contributed by atoms with E-state index in [0.29, 0.717) is 5.82 Å². The van der Waals surface area contributed by atoms with Gasteiger partial charge in [0.05, 0.1) is 6.20 Å². The molecule has 4 nitrogen and oxygen atoms in total. The van der Waals surface area contributed by atoms with E-state index in [1.807, 2.05) is 44.2 Å². The van der Waals surface area contributed by atoms with Crippen molar-refractivity contribution in [2.75, 3.05) is 5.32 Å². The van der Waals surface area contributed by atoms with Crippen LogP contribution in [0.4, 0.5) is 5.82 Å². The van der Waals surface area contributed by atoms with Crippen LogP contribution in [0.25, 0.3) is 0 Å². The Morgan fingerprint density at radius 1 is 1.26 bits per heavy atom. The number of nitrogens with one attached hydrogen (secondary N) is 1. The van der Waals surface area contributed by atoms with E-state index in [4.69, 9.17) is 11.6 Å². The van der Waals surface area contributed by atoms with Crippen LogP contribution in [0.15, 0.2) is 42.6 Å². The van der Waals surface area contributed by atoms with E-state index < -0.39 is 5.38 Å². The summed E-state index contributed by atoms with van der Waals surface area (Å²) in [6.45, 7) is 4.00. The highest BCUT2D eigenvalue weighted by molar-refractivity contribution is 6.32. The maximum Gasteiger partial charge on any atom is 0.248 e. The van der Waals surface area contributed by atoms with Gasteiger partial charge in [0, 0.05) is 12.1 Å². The molecule has 1 unspecified atom stereocenters. The van der Waals surface area contributed by atoms with Crippen LogP contribution in [-0.4, -0.2) is 15.7 Å². The normalized spacial score (nSPS) is 12.4.